The summed E-state index contributed by atoms with van der Waals surface area (Å²) in [5, 5.41) is 9.66. The van der Waals surface area contributed by atoms with Crippen molar-refractivity contribution in [2.24, 2.45) is 0 Å². The third-order valence-corrected chi connectivity index (χ3v) is 3.00. The summed E-state index contributed by atoms with van der Waals surface area (Å²) in [5.41, 5.74) is 0.965. The third kappa shape index (κ3) is 3.25. The predicted octanol–water partition coefficient (Wildman–Crippen LogP) is 1.86. The van der Waals surface area contributed by atoms with E-state index in [2.05, 4.69) is 15.0 Å². The Bertz CT molecular complexity index is 519. The van der Waals surface area contributed by atoms with Crippen LogP contribution in [0.1, 0.15) is 16.1 Å². The van der Waals surface area contributed by atoms with Gasteiger partial charge in [0.15, 0.2) is 0 Å². The molecule has 0 atom stereocenters. The van der Waals surface area contributed by atoms with E-state index in [-0.39, 0.29) is 5.69 Å². The van der Waals surface area contributed by atoms with Gasteiger partial charge in [-0.05, 0) is 23.8 Å². The van der Waals surface area contributed by atoms with E-state index in [9.17, 15) is 4.79 Å². The van der Waals surface area contributed by atoms with Crippen LogP contribution in [0.2, 0.25) is 0 Å². The van der Waals surface area contributed by atoms with Crippen LogP contribution >= 0.6 is 11.8 Å². The molecule has 0 aromatic carbocycles. The summed E-state index contributed by atoms with van der Waals surface area (Å²) < 4.78 is 0. The van der Waals surface area contributed by atoms with Gasteiger partial charge in [0.2, 0.25) is 0 Å². The number of hydrogen-bond acceptors (Lipinski definition) is 5. The number of rotatable bonds is 4. The van der Waals surface area contributed by atoms with Crippen molar-refractivity contribution in [3.8, 4) is 0 Å². The highest BCUT2D eigenvalue weighted by molar-refractivity contribution is 7.98. The molecule has 0 amide bonds. The Hall–Kier alpha value is -1.95. The summed E-state index contributed by atoms with van der Waals surface area (Å²) >= 11 is 1.52. The number of nitrogens with zero attached hydrogens (tertiary/aromatic N) is 3. The highest BCUT2D eigenvalue weighted by Gasteiger charge is 2.05. The summed E-state index contributed by atoms with van der Waals surface area (Å²) in [5.74, 6) is -0.362. The maximum absolute atomic E-state index is 10.7. The standard InChI is InChI=1S/C11H9N3O2S/c15-11(16)9-5-8(1-4-13-9)6-17-10-2-3-12-7-14-10/h1-5,7H,6H2,(H,15,16). The first-order valence-electron chi connectivity index (χ1n) is 4.83. The topological polar surface area (TPSA) is 76.0 Å². The van der Waals surface area contributed by atoms with E-state index in [0.717, 1.165) is 10.6 Å². The molecule has 1 N–H and O–H groups in total. The zero-order valence-electron chi connectivity index (χ0n) is 8.78. The van der Waals surface area contributed by atoms with Crippen molar-refractivity contribution < 1.29 is 9.90 Å². The molecule has 6 heteroatoms. The van der Waals surface area contributed by atoms with Crippen molar-refractivity contribution in [1.82, 2.24) is 15.0 Å². The maximum Gasteiger partial charge on any atom is 0.354 e. The fourth-order valence-electron chi connectivity index (χ4n) is 1.20. The number of hydrogen-bond donors (Lipinski definition) is 1. The number of carboxylic acid groups (broad SMARTS) is 1. The molecule has 2 heterocycles. The largest absolute Gasteiger partial charge is 0.477 e. The number of carbonyl (C=O) groups is 1. The van der Waals surface area contributed by atoms with Crippen LogP contribution in [0.3, 0.4) is 0 Å². The molecule has 0 saturated carbocycles. The van der Waals surface area contributed by atoms with Crippen LogP contribution in [-0.2, 0) is 5.75 Å². The molecule has 5 nitrogen and oxygen atoms in total. The van der Waals surface area contributed by atoms with Crippen LogP contribution in [0, 0.1) is 0 Å². The average Bonchev–Trinajstić information content (AvgIpc) is 2.38. The third-order valence-electron chi connectivity index (χ3n) is 1.99. The van der Waals surface area contributed by atoms with Crippen LogP contribution < -0.4 is 0 Å². The van der Waals surface area contributed by atoms with Crippen LogP contribution in [0.15, 0.2) is 41.9 Å². The number of aromatic carboxylic acids is 1. The smallest absolute Gasteiger partial charge is 0.354 e. The second kappa shape index (κ2) is 5.40. The molecular weight excluding hydrogens is 238 g/mol. The molecule has 17 heavy (non-hydrogen) atoms. The molecule has 0 unspecified atom stereocenters. The molecule has 0 aliphatic carbocycles. The van der Waals surface area contributed by atoms with Gasteiger partial charge in [0, 0.05) is 18.1 Å². The Kier molecular flexibility index (Phi) is 3.66. The van der Waals surface area contributed by atoms with E-state index in [1.54, 1.807) is 18.3 Å². The van der Waals surface area contributed by atoms with E-state index < -0.39 is 5.97 Å². The maximum atomic E-state index is 10.7. The minimum Gasteiger partial charge on any atom is -0.477 e. The Labute approximate surface area is 102 Å². The molecule has 0 radical (unpaired) electrons. The van der Waals surface area contributed by atoms with Crippen molar-refractivity contribution in [2.75, 3.05) is 0 Å². The van der Waals surface area contributed by atoms with E-state index in [1.165, 1.54) is 24.3 Å². The molecule has 0 aliphatic rings. The van der Waals surface area contributed by atoms with Crippen molar-refractivity contribution in [3.05, 3.63) is 48.2 Å². The number of aromatic nitrogens is 3. The highest BCUT2D eigenvalue weighted by Crippen LogP contribution is 2.19. The molecule has 2 aromatic rings. The summed E-state index contributed by atoms with van der Waals surface area (Å²) in [4.78, 5) is 22.4. The van der Waals surface area contributed by atoms with Crippen LogP contribution in [0.25, 0.3) is 0 Å². The first-order valence-corrected chi connectivity index (χ1v) is 5.81. The van der Waals surface area contributed by atoms with Gasteiger partial charge in [0.05, 0.1) is 5.03 Å². The lowest BCUT2D eigenvalue weighted by atomic mass is 10.2. The Morgan fingerprint density at radius 1 is 1.29 bits per heavy atom. The van der Waals surface area contributed by atoms with Crippen molar-refractivity contribution in [2.45, 2.75) is 10.8 Å². The fraction of sp³-hybridized carbons (Fsp3) is 0.0909. The fourth-order valence-corrected chi connectivity index (χ4v) is 1.98. The molecule has 2 rings (SSSR count). The lowest BCUT2D eigenvalue weighted by Gasteiger charge is -2.01. The van der Waals surface area contributed by atoms with Crippen LogP contribution in [0.5, 0.6) is 0 Å². The lowest BCUT2D eigenvalue weighted by molar-refractivity contribution is 0.0690. The van der Waals surface area contributed by atoms with Crippen LogP contribution in [-0.4, -0.2) is 26.0 Å². The lowest BCUT2D eigenvalue weighted by Crippen LogP contribution is -2.00. The molecule has 0 bridgehead atoms. The van der Waals surface area contributed by atoms with E-state index >= 15 is 0 Å². The van der Waals surface area contributed by atoms with Crippen LogP contribution in [0.4, 0.5) is 0 Å². The quantitative estimate of drug-likeness (QED) is 0.656. The van der Waals surface area contributed by atoms with Crippen molar-refractivity contribution >= 4 is 17.7 Å². The normalized spacial score (nSPS) is 10.1. The van der Waals surface area contributed by atoms with Gasteiger partial charge < -0.3 is 5.11 Å². The van der Waals surface area contributed by atoms with Gasteiger partial charge >= 0.3 is 5.97 Å². The van der Waals surface area contributed by atoms with Gasteiger partial charge in [0.1, 0.15) is 12.0 Å². The molecule has 0 saturated heterocycles. The second-order valence-electron chi connectivity index (χ2n) is 3.19. The SMILES string of the molecule is O=C(O)c1cc(CSc2ccncn2)ccn1. The van der Waals surface area contributed by atoms with E-state index in [0.29, 0.717) is 5.75 Å². The average molecular weight is 247 g/mol. The minimum atomic E-state index is -1.01. The summed E-state index contributed by atoms with van der Waals surface area (Å²) in [6, 6.07) is 5.17. The Morgan fingerprint density at radius 2 is 2.18 bits per heavy atom. The summed E-state index contributed by atoms with van der Waals surface area (Å²) in [6.07, 6.45) is 4.65. The summed E-state index contributed by atoms with van der Waals surface area (Å²) in [7, 11) is 0. The van der Waals surface area contributed by atoms with Gasteiger partial charge in [-0.1, -0.05) is 0 Å². The van der Waals surface area contributed by atoms with Gasteiger partial charge in [0.25, 0.3) is 0 Å². The Balaban J connectivity index is 2.04. The Morgan fingerprint density at radius 3 is 2.88 bits per heavy atom. The first kappa shape index (κ1) is 11.5. The number of pyridine rings is 1. The number of carboxylic acids is 1. The first-order chi connectivity index (χ1) is 8.25. The zero-order valence-corrected chi connectivity index (χ0v) is 9.59. The number of thioether (sulfide) groups is 1. The predicted molar refractivity (Wildman–Crippen MR) is 62.8 cm³/mol. The minimum absolute atomic E-state index is 0.0609. The highest BCUT2D eigenvalue weighted by atomic mass is 32.2. The second-order valence-corrected chi connectivity index (χ2v) is 4.19. The monoisotopic (exact) mass is 247 g/mol. The zero-order chi connectivity index (χ0) is 12.1. The summed E-state index contributed by atoms with van der Waals surface area (Å²) in [6.45, 7) is 0. The van der Waals surface area contributed by atoms with Crippen molar-refractivity contribution in [3.63, 3.8) is 0 Å². The molecule has 2 aromatic heterocycles. The molecule has 0 spiro atoms. The molecule has 86 valence electrons. The van der Waals surface area contributed by atoms with E-state index in [4.69, 9.17) is 5.11 Å². The van der Waals surface area contributed by atoms with Gasteiger partial charge in [-0.2, -0.15) is 0 Å². The van der Waals surface area contributed by atoms with Gasteiger partial charge in [-0.3, -0.25) is 0 Å². The molecular formula is C11H9N3O2S. The van der Waals surface area contributed by atoms with Crippen molar-refractivity contribution in [1.29, 1.82) is 0 Å². The van der Waals surface area contributed by atoms with Gasteiger partial charge in [-0.25, -0.2) is 19.7 Å². The molecule has 0 aliphatic heterocycles. The van der Waals surface area contributed by atoms with E-state index in [1.807, 2.05) is 6.07 Å². The van der Waals surface area contributed by atoms with Gasteiger partial charge in [-0.15, -0.1) is 11.8 Å². The molecule has 0 fully saturated rings.